The van der Waals surface area contributed by atoms with E-state index in [2.05, 4.69) is 17.0 Å². The van der Waals surface area contributed by atoms with E-state index in [0.29, 0.717) is 16.6 Å². The standard InChI is InChI=1S/C13H18ClN3O2/c1-9-8-19-5-4-17(9)7-11-3-2-10(6-12(11)14)13(15)16-18/h2-3,6,9,18H,4-5,7-8H2,1H3,(H2,15,16). The molecule has 1 fully saturated rings. The highest BCUT2D eigenvalue weighted by molar-refractivity contribution is 6.31. The average Bonchev–Trinajstić information content (AvgIpc) is 2.42. The van der Waals surface area contributed by atoms with Crippen molar-refractivity contribution in [3.05, 3.63) is 34.3 Å². The Hall–Kier alpha value is -1.30. The molecule has 0 aromatic heterocycles. The molecule has 19 heavy (non-hydrogen) atoms. The number of nitrogens with two attached hydrogens (primary N) is 1. The van der Waals surface area contributed by atoms with Crippen molar-refractivity contribution in [1.29, 1.82) is 0 Å². The maximum atomic E-state index is 8.64. The van der Waals surface area contributed by atoms with Crippen molar-refractivity contribution in [3.8, 4) is 0 Å². The molecule has 1 atom stereocenters. The van der Waals surface area contributed by atoms with Crippen molar-refractivity contribution >= 4 is 17.4 Å². The van der Waals surface area contributed by atoms with Crippen molar-refractivity contribution in [2.45, 2.75) is 19.5 Å². The van der Waals surface area contributed by atoms with Crippen LogP contribution in [0.25, 0.3) is 0 Å². The van der Waals surface area contributed by atoms with Gasteiger partial charge in [-0.2, -0.15) is 0 Å². The molecule has 1 heterocycles. The van der Waals surface area contributed by atoms with Gasteiger partial charge in [0.05, 0.1) is 13.2 Å². The molecule has 1 saturated heterocycles. The van der Waals surface area contributed by atoms with E-state index < -0.39 is 0 Å². The van der Waals surface area contributed by atoms with Crippen molar-refractivity contribution in [3.63, 3.8) is 0 Å². The van der Waals surface area contributed by atoms with Crippen LogP contribution in [0, 0.1) is 0 Å². The van der Waals surface area contributed by atoms with Gasteiger partial charge in [0.15, 0.2) is 5.84 Å². The molecular formula is C13H18ClN3O2. The number of hydrogen-bond acceptors (Lipinski definition) is 4. The van der Waals surface area contributed by atoms with E-state index in [4.69, 9.17) is 27.3 Å². The third kappa shape index (κ3) is 3.37. The Balaban J connectivity index is 2.12. The number of rotatable bonds is 3. The van der Waals surface area contributed by atoms with Crippen LogP contribution in [-0.2, 0) is 11.3 Å². The van der Waals surface area contributed by atoms with Crippen LogP contribution >= 0.6 is 11.6 Å². The van der Waals surface area contributed by atoms with Crippen LogP contribution in [-0.4, -0.2) is 41.7 Å². The number of halogens is 1. The second-order valence-corrected chi connectivity index (χ2v) is 5.09. The van der Waals surface area contributed by atoms with Crippen LogP contribution in [0.5, 0.6) is 0 Å². The second-order valence-electron chi connectivity index (χ2n) is 4.69. The van der Waals surface area contributed by atoms with Crippen LogP contribution in [0.3, 0.4) is 0 Å². The van der Waals surface area contributed by atoms with Crippen molar-refractivity contribution in [2.75, 3.05) is 19.8 Å². The molecule has 2 rings (SSSR count). The Morgan fingerprint density at radius 2 is 2.42 bits per heavy atom. The first kappa shape index (κ1) is 14.1. The molecule has 3 N–H and O–H groups in total. The van der Waals surface area contributed by atoms with E-state index in [-0.39, 0.29) is 5.84 Å². The molecule has 5 nitrogen and oxygen atoms in total. The zero-order valence-corrected chi connectivity index (χ0v) is 11.6. The lowest BCUT2D eigenvalue weighted by Gasteiger charge is -2.33. The summed E-state index contributed by atoms with van der Waals surface area (Å²) in [7, 11) is 0. The summed E-state index contributed by atoms with van der Waals surface area (Å²) < 4.78 is 5.41. The zero-order valence-electron chi connectivity index (χ0n) is 10.8. The SMILES string of the molecule is CC1COCCN1Cc1ccc(/C(N)=N/O)cc1Cl. The smallest absolute Gasteiger partial charge is 0.170 e. The quantitative estimate of drug-likeness (QED) is 0.383. The van der Waals surface area contributed by atoms with Gasteiger partial charge < -0.3 is 15.7 Å². The Morgan fingerprint density at radius 3 is 3.05 bits per heavy atom. The van der Waals surface area contributed by atoms with Crippen LogP contribution in [0.4, 0.5) is 0 Å². The molecule has 1 aromatic carbocycles. The molecule has 0 bridgehead atoms. The number of hydrogen-bond donors (Lipinski definition) is 2. The highest BCUT2D eigenvalue weighted by atomic mass is 35.5. The molecule has 1 aromatic rings. The third-order valence-electron chi connectivity index (χ3n) is 3.34. The van der Waals surface area contributed by atoms with E-state index in [9.17, 15) is 0 Å². The Kier molecular flexibility index (Phi) is 4.63. The molecule has 104 valence electrons. The summed E-state index contributed by atoms with van der Waals surface area (Å²) in [4.78, 5) is 2.33. The van der Waals surface area contributed by atoms with Crippen molar-refractivity contribution in [1.82, 2.24) is 4.90 Å². The Morgan fingerprint density at radius 1 is 1.63 bits per heavy atom. The molecular weight excluding hydrogens is 266 g/mol. The fourth-order valence-corrected chi connectivity index (χ4v) is 2.35. The lowest BCUT2D eigenvalue weighted by molar-refractivity contribution is -0.00435. The summed E-state index contributed by atoms with van der Waals surface area (Å²) in [6.07, 6.45) is 0. The van der Waals surface area contributed by atoms with E-state index in [1.54, 1.807) is 12.1 Å². The molecule has 0 radical (unpaired) electrons. The van der Waals surface area contributed by atoms with Crippen molar-refractivity contribution < 1.29 is 9.94 Å². The maximum absolute atomic E-state index is 8.64. The zero-order chi connectivity index (χ0) is 13.8. The van der Waals surface area contributed by atoms with Gasteiger partial charge in [-0.3, -0.25) is 4.90 Å². The Bertz CT molecular complexity index is 479. The predicted molar refractivity (Wildman–Crippen MR) is 74.7 cm³/mol. The summed E-state index contributed by atoms with van der Waals surface area (Å²) in [6.45, 7) is 5.32. The van der Waals surface area contributed by atoms with E-state index in [1.807, 2.05) is 6.07 Å². The van der Waals surface area contributed by atoms with Gasteiger partial charge >= 0.3 is 0 Å². The summed E-state index contributed by atoms with van der Waals surface area (Å²) in [5, 5.41) is 12.2. The molecule has 6 heteroatoms. The molecule has 0 saturated carbocycles. The van der Waals surface area contributed by atoms with Crippen LogP contribution in [0.1, 0.15) is 18.1 Å². The van der Waals surface area contributed by atoms with Crippen LogP contribution in [0.2, 0.25) is 5.02 Å². The predicted octanol–water partition coefficient (Wildman–Crippen LogP) is 1.66. The van der Waals surface area contributed by atoms with Gasteiger partial charge in [-0.15, -0.1) is 0 Å². The number of benzene rings is 1. The molecule has 1 aliphatic heterocycles. The molecule has 0 aliphatic carbocycles. The minimum atomic E-state index is 0.0631. The lowest BCUT2D eigenvalue weighted by Crippen LogP contribution is -2.42. The molecule has 1 unspecified atom stereocenters. The van der Waals surface area contributed by atoms with Gasteiger partial charge in [-0.25, -0.2) is 0 Å². The fourth-order valence-electron chi connectivity index (χ4n) is 2.11. The first-order valence-electron chi connectivity index (χ1n) is 6.20. The monoisotopic (exact) mass is 283 g/mol. The van der Waals surface area contributed by atoms with Gasteiger partial charge in [-0.05, 0) is 18.6 Å². The van der Waals surface area contributed by atoms with Gasteiger partial charge in [0.1, 0.15) is 0 Å². The number of oxime groups is 1. The minimum Gasteiger partial charge on any atom is -0.409 e. The summed E-state index contributed by atoms with van der Waals surface area (Å²) in [5.41, 5.74) is 7.18. The normalized spacial score (nSPS) is 21.6. The van der Waals surface area contributed by atoms with E-state index in [1.165, 1.54) is 0 Å². The van der Waals surface area contributed by atoms with Crippen molar-refractivity contribution in [2.24, 2.45) is 10.9 Å². The summed E-state index contributed by atoms with van der Waals surface area (Å²) in [6, 6.07) is 5.82. The average molecular weight is 284 g/mol. The summed E-state index contributed by atoms with van der Waals surface area (Å²) >= 11 is 6.25. The Labute approximate surface area is 117 Å². The molecule has 0 spiro atoms. The number of amidine groups is 1. The van der Waals surface area contributed by atoms with Gasteiger partial charge in [0, 0.05) is 29.7 Å². The third-order valence-corrected chi connectivity index (χ3v) is 3.69. The maximum Gasteiger partial charge on any atom is 0.170 e. The lowest BCUT2D eigenvalue weighted by atomic mass is 10.1. The number of nitrogens with zero attached hydrogens (tertiary/aromatic N) is 2. The first-order valence-corrected chi connectivity index (χ1v) is 6.57. The minimum absolute atomic E-state index is 0.0631. The van der Waals surface area contributed by atoms with Gasteiger partial charge in [0.2, 0.25) is 0 Å². The second kappa shape index (κ2) is 6.23. The van der Waals surface area contributed by atoms with Crippen LogP contribution in [0.15, 0.2) is 23.4 Å². The number of morpholine rings is 1. The topological polar surface area (TPSA) is 71.1 Å². The van der Waals surface area contributed by atoms with Gasteiger partial charge in [-0.1, -0.05) is 28.9 Å². The molecule has 0 amide bonds. The number of ether oxygens (including phenoxy) is 1. The first-order chi connectivity index (χ1) is 9.11. The summed E-state index contributed by atoms with van der Waals surface area (Å²) in [5.74, 6) is 0.0631. The van der Waals surface area contributed by atoms with Crippen LogP contribution < -0.4 is 5.73 Å². The highest BCUT2D eigenvalue weighted by Crippen LogP contribution is 2.21. The largest absolute Gasteiger partial charge is 0.409 e. The van der Waals surface area contributed by atoms with Gasteiger partial charge in [0.25, 0.3) is 0 Å². The van der Waals surface area contributed by atoms with E-state index in [0.717, 1.165) is 31.9 Å². The fraction of sp³-hybridized carbons (Fsp3) is 0.462. The molecule has 1 aliphatic rings. The highest BCUT2D eigenvalue weighted by Gasteiger charge is 2.19. The van der Waals surface area contributed by atoms with E-state index >= 15 is 0 Å².